The molecule has 242 valence electrons. The summed E-state index contributed by atoms with van der Waals surface area (Å²) < 4.78 is 29.6. The molecule has 2 aliphatic heterocycles. The molecule has 0 unspecified atom stereocenters. The Bertz CT molecular complexity index is 1610. The predicted molar refractivity (Wildman–Crippen MR) is 168 cm³/mol. The fraction of sp³-hybridized carbons (Fsp3) is 0.364. The first-order valence-corrected chi connectivity index (χ1v) is 15.3. The van der Waals surface area contributed by atoms with Crippen molar-refractivity contribution in [3.05, 3.63) is 83.7 Å². The van der Waals surface area contributed by atoms with E-state index in [4.69, 9.17) is 23.4 Å². The number of hydrogen-bond acceptors (Lipinski definition) is 9. The van der Waals surface area contributed by atoms with Gasteiger partial charge in [0.1, 0.15) is 35.3 Å². The number of rotatable bonds is 7. The summed E-state index contributed by atoms with van der Waals surface area (Å²) in [6.45, 7) is 3.46. The lowest BCUT2D eigenvalue weighted by Gasteiger charge is -2.38. The van der Waals surface area contributed by atoms with Crippen molar-refractivity contribution in [2.24, 2.45) is 0 Å². The van der Waals surface area contributed by atoms with Gasteiger partial charge in [-0.25, -0.2) is 4.79 Å². The summed E-state index contributed by atoms with van der Waals surface area (Å²) in [5.74, 6) is 2.77. The highest BCUT2D eigenvalue weighted by Gasteiger charge is 2.32. The van der Waals surface area contributed by atoms with E-state index in [2.05, 4.69) is 31.0 Å². The number of H-pyrrole nitrogens is 1. The molecule has 0 aliphatic carbocycles. The van der Waals surface area contributed by atoms with E-state index in [1.807, 2.05) is 42.5 Å². The van der Waals surface area contributed by atoms with Crippen molar-refractivity contribution >= 4 is 11.9 Å². The fourth-order valence-electron chi connectivity index (χ4n) is 5.48. The van der Waals surface area contributed by atoms with Gasteiger partial charge in [-0.05, 0) is 54.4 Å². The lowest BCUT2D eigenvalue weighted by molar-refractivity contribution is -0.0315. The summed E-state index contributed by atoms with van der Waals surface area (Å²) in [6.07, 6.45) is 2.09. The average molecular weight is 631 g/mol. The third-order valence-corrected chi connectivity index (χ3v) is 7.76. The van der Waals surface area contributed by atoms with Crippen LogP contribution in [0.4, 0.5) is 4.79 Å². The SMILES string of the molecule is COCCOc1cc2cc(c1)C(=O)NCCNC(=O)N[C@H]1CCN(Cc3ccc(-c4ccn[nH]4)o3)C[C@@H]1OCc1cccc(c1)O2. The summed E-state index contributed by atoms with van der Waals surface area (Å²) in [4.78, 5) is 28.2. The molecule has 2 aromatic heterocycles. The van der Waals surface area contributed by atoms with Crippen LogP contribution in [0.25, 0.3) is 11.5 Å². The van der Waals surface area contributed by atoms with Gasteiger partial charge in [0.25, 0.3) is 5.91 Å². The summed E-state index contributed by atoms with van der Waals surface area (Å²) in [5.41, 5.74) is 2.10. The van der Waals surface area contributed by atoms with Crippen LogP contribution >= 0.6 is 0 Å². The molecule has 0 spiro atoms. The number of urea groups is 1. The first-order chi connectivity index (χ1) is 22.5. The Balaban J connectivity index is 1.18. The van der Waals surface area contributed by atoms with E-state index in [-0.39, 0.29) is 37.2 Å². The number of piperidine rings is 1. The number of carbonyl (C=O) groups excluding carboxylic acids is 2. The van der Waals surface area contributed by atoms with Crippen molar-refractivity contribution in [3.8, 4) is 28.7 Å². The number of aromatic amines is 1. The molecule has 4 bridgehead atoms. The Morgan fingerprint density at radius 1 is 1.00 bits per heavy atom. The van der Waals surface area contributed by atoms with Crippen molar-refractivity contribution in [3.63, 3.8) is 0 Å². The number of fused-ring (bicyclic) bond motifs is 5. The molecule has 1 saturated heterocycles. The number of aromatic nitrogens is 2. The van der Waals surface area contributed by atoms with Crippen molar-refractivity contribution in [2.45, 2.75) is 31.7 Å². The van der Waals surface area contributed by atoms with E-state index >= 15 is 0 Å². The normalized spacial score (nSPS) is 19.4. The van der Waals surface area contributed by atoms with Gasteiger partial charge in [-0.2, -0.15) is 5.10 Å². The smallest absolute Gasteiger partial charge is 0.315 e. The first kappa shape index (κ1) is 31.1. The molecule has 13 nitrogen and oxygen atoms in total. The van der Waals surface area contributed by atoms with Crippen molar-refractivity contribution in [2.75, 3.05) is 46.5 Å². The molecule has 1 fully saturated rings. The Labute approximate surface area is 266 Å². The van der Waals surface area contributed by atoms with Gasteiger partial charge in [0.15, 0.2) is 5.76 Å². The summed E-state index contributed by atoms with van der Waals surface area (Å²) in [6, 6.07) is 17.9. The standard InChI is InChI=1S/C33H38N6O7/c1-42-13-14-43-26-16-23-17-27(18-26)45-24-4-2-3-22(15-24)21-44-31-20-39(19-25-5-6-30(46-25)29-7-9-36-38-29)12-8-28(31)37-33(41)35-11-10-34-32(23)40/h2-7,9,15-18,28,31H,8,10-14,19-21H2,1H3,(H,34,40)(H,36,38)(H2,35,37,41)/t28-,31-/m0/s1. The second kappa shape index (κ2) is 15.0. The first-order valence-electron chi connectivity index (χ1n) is 15.3. The van der Waals surface area contributed by atoms with Crippen LogP contribution in [0.15, 0.2) is 71.3 Å². The van der Waals surface area contributed by atoms with Crippen molar-refractivity contribution < 1.29 is 33.0 Å². The van der Waals surface area contributed by atoms with E-state index in [0.717, 1.165) is 29.3 Å². The Kier molecular flexibility index (Phi) is 10.1. The van der Waals surface area contributed by atoms with Crippen LogP contribution in [-0.4, -0.2) is 85.7 Å². The summed E-state index contributed by atoms with van der Waals surface area (Å²) in [5, 5.41) is 15.7. The molecule has 6 rings (SSSR count). The molecular formula is C33H38N6O7. The molecule has 13 heteroatoms. The van der Waals surface area contributed by atoms with E-state index in [9.17, 15) is 9.59 Å². The zero-order valence-corrected chi connectivity index (χ0v) is 25.6. The third-order valence-electron chi connectivity index (χ3n) is 7.76. The molecule has 2 atom stereocenters. The average Bonchev–Trinajstić information content (AvgIpc) is 3.76. The Morgan fingerprint density at radius 3 is 2.78 bits per heavy atom. The number of methoxy groups -OCH3 is 1. The minimum Gasteiger partial charge on any atom is -0.491 e. The van der Waals surface area contributed by atoms with Gasteiger partial charge in [-0.1, -0.05) is 12.1 Å². The topological polar surface area (TPSA) is 152 Å². The maximum Gasteiger partial charge on any atom is 0.315 e. The van der Waals surface area contributed by atoms with Gasteiger partial charge in [0.05, 0.1) is 31.9 Å². The molecule has 3 amide bonds. The molecule has 46 heavy (non-hydrogen) atoms. The number of amides is 3. The lowest BCUT2D eigenvalue weighted by Crippen LogP contribution is -2.56. The number of nitrogens with one attached hydrogen (secondary N) is 4. The number of furan rings is 1. The van der Waals surface area contributed by atoms with Gasteiger partial charge in [0.2, 0.25) is 0 Å². The molecule has 2 aromatic carbocycles. The van der Waals surface area contributed by atoms with Gasteiger partial charge < -0.3 is 39.3 Å². The molecule has 0 saturated carbocycles. The quantitative estimate of drug-likeness (QED) is 0.224. The van der Waals surface area contributed by atoms with Gasteiger partial charge in [-0.15, -0.1) is 0 Å². The number of carbonyl (C=O) groups is 2. The van der Waals surface area contributed by atoms with E-state index < -0.39 is 0 Å². The monoisotopic (exact) mass is 630 g/mol. The molecular weight excluding hydrogens is 592 g/mol. The number of benzene rings is 2. The van der Waals surface area contributed by atoms with Gasteiger partial charge in [0, 0.05) is 51.1 Å². The van der Waals surface area contributed by atoms with Crippen LogP contribution in [0.1, 0.15) is 28.1 Å². The van der Waals surface area contributed by atoms with Crippen LogP contribution in [-0.2, 0) is 22.6 Å². The largest absolute Gasteiger partial charge is 0.491 e. The minimum absolute atomic E-state index is 0.211. The number of ether oxygens (including phenoxy) is 4. The van der Waals surface area contributed by atoms with Crippen LogP contribution in [0.3, 0.4) is 0 Å². The van der Waals surface area contributed by atoms with E-state index in [1.54, 1.807) is 31.5 Å². The third kappa shape index (κ3) is 8.24. The van der Waals surface area contributed by atoms with E-state index in [1.165, 1.54) is 0 Å². The van der Waals surface area contributed by atoms with Gasteiger partial charge >= 0.3 is 6.03 Å². The Hall–Kier alpha value is -4.85. The summed E-state index contributed by atoms with van der Waals surface area (Å²) >= 11 is 0. The second-order valence-corrected chi connectivity index (χ2v) is 11.2. The number of likely N-dealkylation sites (tertiary alicyclic amines) is 1. The zero-order chi connectivity index (χ0) is 31.7. The maximum absolute atomic E-state index is 13.0. The van der Waals surface area contributed by atoms with Crippen molar-refractivity contribution in [1.82, 2.24) is 31.0 Å². The highest BCUT2D eigenvalue weighted by atomic mass is 16.5. The highest BCUT2D eigenvalue weighted by Crippen LogP contribution is 2.29. The molecule has 4 N–H and O–H groups in total. The van der Waals surface area contributed by atoms with Crippen LogP contribution in [0.5, 0.6) is 17.2 Å². The summed E-state index contributed by atoms with van der Waals surface area (Å²) in [7, 11) is 1.59. The lowest BCUT2D eigenvalue weighted by atomic mass is 10.0. The second-order valence-electron chi connectivity index (χ2n) is 11.2. The predicted octanol–water partition coefficient (Wildman–Crippen LogP) is 3.69. The van der Waals surface area contributed by atoms with Crippen molar-refractivity contribution in [1.29, 1.82) is 0 Å². The molecule has 4 aromatic rings. The maximum atomic E-state index is 13.0. The highest BCUT2D eigenvalue weighted by molar-refractivity contribution is 5.95. The zero-order valence-electron chi connectivity index (χ0n) is 25.6. The number of hydrogen-bond donors (Lipinski definition) is 4. The number of nitrogens with zero attached hydrogens (tertiary/aromatic N) is 2. The van der Waals surface area contributed by atoms with E-state index in [0.29, 0.717) is 62.1 Å². The fourth-order valence-corrected chi connectivity index (χ4v) is 5.48. The molecule has 2 aliphatic rings. The van der Waals surface area contributed by atoms with Gasteiger partial charge in [-0.3, -0.25) is 14.8 Å². The van der Waals surface area contributed by atoms with Crippen LogP contribution in [0.2, 0.25) is 0 Å². The van der Waals surface area contributed by atoms with Crippen LogP contribution < -0.4 is 25.4 Å². The minimum atomic E-state index is -0.316. The Morgan fingerprint density at radius 2 is 1.91 bits per heavy atom. The molecule has 4 heterocycles. The van der Waals surface area contributed by atoms with Crippen LogP contribution in [0, 0.1) is 0 Å². The molecule has 0 radical (unpaired) electrons.